The van der Waals surface area contributed by atoms with Crippen LogP contribution in [0.3, 0.4) is 0 Å². The molecule has 0 aromatic heterocycles. The van der Waals surface area contributed by atoms with E-state index in [4.69, 9.17) is 4.74 Å². The number of carboxylic acid groups (broad SMARTS) is 1. The van der Waals surface area contributed by atoms with Gasteiger partial charge in [-0.15, -0.1) is 0 Å². The number of piperidine rings is 2. The van der Waals surface area contributed by atoms with Crippen molar-refractivity contribution in [2.24, 2.45) is 16.7 Å². The van der Waals surface area contributed by atoms with E-state index in [0.29, 0.717) is 30.8 Å². The number of fused-ring (bicyclic) bond motifs is 1. The maximum Gasteiger partial charge on any atom is 0.407 e. The maximum absolute atomic E-state index is 13.1. The summed E-state index contributed by atoms with van der Waals surface area (Å²) >= 11 is 0. The zero-order valence-corrected chi connectivity index (χ0v) is 20.5. The molecule has 1 aromatic rings. The van der Waals surface area contributed by atoms with Crippen LogP contribution in [0.15, 0.2) is 18.2 Å². The molecule has 35 heavy (non-hydrogen) atoms. The number of likely N-dealkylation sites (tertiary alicyclic amines) is 1. The molecule has 3 aliphatic heterocycles. The van der Waals surface area contributed by atoms with Crippen LogP contribution in [0.5, 0.6) is 5.75 Å². The third kappa shape index (κ3) is 3.94. The molecule has 3 fully saturated rings. The molecule has 0 radical (unpaired) electrons. The average molecular weight is 484 g/mol. The Bertz CT molecular complexity index is 1090. The van der Waals surface area contributed by atoms with Gasteiger partial charge in [0.2, 0.25) is 11.8 Å². The number of hydrogen-bond acceptors (Lipinski definition) is 5. The molecule has 2 N–H and O–H groups in total. The summed E-state index contributed by atoms with van der Waals surface area (Å²) in [6, 6.07) is 4.81. The van der Waals surface area contributed by atoms with E-state index >= 15 is 0 Å². The largest absolute Gasteiger partial charge is 0.490 e. The highest BCUT2D eigenvalue weighted by Crippen LogP contribution is 2.61. The Labute approximate surface area is 204 Å². The van der Waals surface area contributed by atoms with Crippen molar-refractivity contribution < 1.29 is 29.0 Å². The number of imide groups is 1. The number of amides is 4. The predicted octanol–water partition coefficient (Wildman–Crippen LogP) is 3.02. The van der Waals surface area contributed by atoms with Gasteiger partial charge in [0.1, 0.15) is 17.9 Å². The quantitative estimate of drug-likeness (QED) is 0.639. The van der Waals surface area contributed by atoms with Crippen LogP contribution in [0.1, 0.15) is 68.8 Å². The van der Waals surface area contributed by atoms with Crippen LogP contribution in [0.4, 0.5) is 4.79 Å². The van der Waals surface area contributed by atoms with E-state index < -0.39 is 18.0 Å². The summed E-state index contributed by atoms with van der Waals surface area (Å²) in [6.07, 6.45) is 2.17. The van der Waals surface area contributed by atoms with Gasteiger partial charge in [0.05, 0.1) is 6.54 Å². The van der Waals surface area contributed by atoms with E-state index in [1.54, 1.807) is 11.0 Å². The normalized spacial score (nSPS) is 28.0. The van der Waals surface area contributed by atoms with Gasteiger partial charge in [0.15, 0.2) is 0 Å². The van der Waals surface area contributed by atoms with E-state index in [1.165, 1.54) is 4.90 Å². The Morgan fingerprint density at radius 1 is 1.17 bits per heavy atom. The van der Waals surface area contributed by atoms with Gasteiger partial charge in [0.25, 0.3) is 5.91 Å². The van der Waals surface area contributed by atoms with Crippen molar-refractivity contribution in [1.29, 1.82) is 0 Å². The van der Waals surface area contributed by atoms with Crippen molar-refractivity contribution in [3.05, 3.63) is 29.3 Å². The van der Waals surface area contributed by atoms with Crippen LogP contribution in [0.2, 0.25) is 0 Å². The Morgan fingerprint density at radius 3 is 2.51 bits per heavy atom. The van der Waals surface area contributed by atoms with Crippen LogP contribution >= 0.6 is 0 Å². The molecule has 9 nitrogen and oxygen atoms in total. The number of benzene rings is 1. The zero-order chi connectivity index (χ0) is 25.1. The minimum absolute atomic E-state index is 0.0269. The smallest absolute Gasteiger partial charge is 0.407 e. The molecule has 9 heteroatoms. The molecule has 4 aliphatic rings. The highest BCUT2D eigenvalue weighted by Gasteiger charge is 2.60. The molecule has 188 valence electrons. The van der Waals surface area contributed by atoms with Crippen molar-refractivity contribution in [2.45, 2.75) is 71.6 Å². The monoisotopic (exact) mass is 483 g/mol. The van der Waals surface area contributed by atoms with Crippen molar-refractivity contribution in [2.75, 3.05) is 13.1 Å². The van der Waals surface area contributed by atoms with Crippen molar-refractivity contribution in [1.82, 2.24) is 15.1 Å². The number of nitrogens with one attached hydrogen (secondary N) is 1. The molecule has 5 rings (SSSR count). The molecular formula is C26H33N3O6. The van der Waals surface area contributed by atoms with Crippen LogP contribution in [-0.4, -0.2) is 64.0 Å². The lowest BCUT2D eigenvalue weighted by Gasteiger charge is -2.62. The molecule has 3 atom stereocenters. The molecule has 3 heterocycles. The number of carbonyl (C=O) groups is 4. The lowest BCUT2D eigenvalue weighted by atomic mass is 9.47. The molecule has 1 spiro atoms. The lowest BCUT2D eigenvalue weighted by Crippen LogP contribution is -2.62. The molecular weight excluding hydrogens is 450 g/mol. The summed E-state index contributed by atoms with van der Waals surface area (Å²) in [7, 11) is 0. The molecule has 1 aliphatic carbocycles. The molecule has 1 saturated carbocycles. The second-order valence-electron chi connectivity index (χ2n) is 11.5. The number of rotatable bonds is 3. The van der Waals surface area contributed by atoms with Gasteiger partial charge in [-0.05, 0) is 48.6 Å². The first kappa shape index (κ1) is 23.6. The summed E-state index contributed by atoms with van der Waals surface area (Å²) < 4.78 is 6.60. The number of carbonyl (C=O) groups excluding carboxylic acids is 3. The Kier molecular flexibility index (Phi) is 5.56. The van der Waals surface area contributed by atoms with Crippen LogP contribution in [0.25, 0.3) is 0 Å². The van der Waals surface area contributed by atoms with Gasteiger partial charge in [-0.2, -0.15) is 0 Å². The third-order valence-electron chi connectivity index (χ3n) is 8.42. The van der Waals surface area contributed by atoms with Gasteiger partial charge in [0, 0.05) is 36.6 Å². The standard InChI is InChI=1S/C26H33N3O6/c1-25(2,3)21-19(13-26(21)9-11-28(12-10-26)24(33)34)35-18-6-4-5-15-16(18)14-29(23(15)32)17-7-8-20(30)27-22(17)31/h4-6,17,19,21H,7-14H2,1-3H3,(H,33,34)(H,27,30,31). The minimum atomic E-state index is -0.857. The van der Waals surface area contributed by atoms with Gasteiger partial charge in [-0.25, -0.2) is 4.79 Å². The summed E-state index contributed by atoms with van der Waals surface area (Å²) in [5, 5.41) is 11.7. The first-order valence-corrected chi connectivity index (χ1v) is 12.4. The fraction of sp³-hybridized carbons (Fsp3) is 0.615. The second kappa shape index (κ2) is 8.24. The zero-order valence-electron chi connectivity index (χ0n) is 20.5. The molecule has 0 bridgehead atoms. The summed E-state index contributed by atoms with van der Waals surface area (Å²) in [5.41, 5.74) is 1.36. The number of nitrogens with zero attached hydrogens (tertiary/aromatic N) is 2. The SMILES string of the molecule is CC(C)(C)C1C(Oc2cccc3c2CN(C2CCC(=O)NC2=O)C3=O)CC12CCN(C(=O)O)CC2. The highest BCUT2D eigenvalue weighted by atomic mass is 16.5. The Hall–Kier alpha value is -3.10. The summed E-state index contributed by atoms with van der Waals surface area (Å²) in [6.45, 7) is 8.00. The lowest BCUT2D eigenvalue weighted by molar-refractivity contribution is -0.165. The van der Waals surface area contributed by atoms with Crippen molar-refractivity contribution in [3.8, 4) is 5.75 Å². The first-order chi connectivity index (χ1) is 16.5. The van der Waals surface area contributed by atoms with Gasteiger partial charge >= 0.3 is 6.09 Å². The van der Waals surface area contributed by atoms with E-state index in [1.807, 2.05) is 12.1 Å². The van der Waals surface area contributed by atoms with E-state index in [-0.39, 0.29) is 47.6 Å². The van der Waals surface area contributed by atoms with Gasteiger partial charge in [-0.3, -0.25) is 19.7 Å². The second-order valence-corrected chi connectivity index (χ2v) is 11.5. The fourth-order valence-corrected chi connectivity index (χ4v) is 6.95. The predicted molar refractivity (Wildman–Crippen MR) is 126 cm³/mol. The minimum Gasteiger partial charge on any atom is -0.490 e. The van der Waals surface area contributed by atoms with E-state index in [2.05, 4.69) is 26.1 Å². The van der Waals surface area contributed by atoms with Crippen molar-refractivity contribution >= 4 is 23.8 Å². The number of ether oxygens (including phenoxy) is 1. The molecule has 1 aromatic carbocycles. The number of hydrogen-bond donors (Lipinski definition) is 2. The van der Waals surface area contributed by atoms with E-state index in [0.717, 1.165) is 24.8 Å². The first-order valence-electron chi connectivity index (χ1n) is 12.4. The molecule has 4 amide bonds. The van der Waals surface area contributed by atoms with Gasteiger partial charge < -0.3 is 19.6 Å². The average Bonchev–Trinajstić information content (AvgIpc) is 3.09. The Morgan fingerprint density at radius 2 is 1.89 bits per heavy atom. The summed E-state index contributed by atoms with van der Waals surface area (Å²) in [4.78, 5) is 51.5. The van der Waals surface area contributed by atoms with Crippen LogP contribution in [-0.2, 0) is 16.1 Å². The Balaban J connectivity index is 1.34. The topological polar surface area (TPSA) is 116 Å². The highest BCUT2D eigenvalue weighted by molar-refractivity contribution is 6.05. The molecule has 2 saturated heterocycles. The van der Waals surface area contributed by atoms with E-state index in [9.17, 15) is 24.3 Å². The maximum atomic E-state index is 13.1. The van der Waals surface area contributed by atoms with Gasteiger partial charge in [-0.1, -0.05) is 26.8 Å². The van der Waals surface area contributed by atoms with Crippen molar-refractivity contribution in [3.63, 3.8) is 0 Å². The third-order valence-corrected chi connectivity index (χ3v) is 8.42. The van der Waals surface area contributed by atoms with Crippen LogP contribution in [0, 0.1) is 16.7 Å². The molecule has 3 unspecified atom stereocenters. The van der Waals surface area contributed by atoms with Crippen LogP contribution < -0.4 is 10.1 Å². The fourth-order valence-electron chi connectivity index (χ4n) is 6.95. The summed E-state index contributed by atoms with van der Waals surface area (Å²) in [5.74, 6) is -0.0154.